The van der Waals surface area contributed by atoms with Crippen molar-refractivity contribution in [3.63, 3.8) is 0 Å². The second kappa shape index (κ2) is 8.54. The zero-order valence-electron chi connectivity index (χ0n) is 12.0. The normalized spacial score (nSPS) is 25.6. The number of nitrogens with one attached hydrogen (secondary N) is 1. The van der Waals surface area contributed by atoms with Crippen LogP contribution in [0, 0.1) is 5.92 Å². The van der Waals surface area contributed by atoms with Gasteiger partial charge in [0.1, 0.15) is 0 Å². The first-order valence-corrected chi connectivity index (χ1v) is 8.12. The number of likely N-dealkylation sites (tertiary alicyclic amines) is 1. The summed E-state index contributed by atoms with van der Waals surface area (Å²) in [5.41, 5.74) is 1.29. The van der Waals surface area contributed by atoms with Crippen LogP contribution >= 0.6 is 36.2 Å². The Labute approximate surface area is 138 Å². The first-order chi connectivity index (χ1) is 8.85. The molecule has 0 aromatic carbocycles. The van der Waals surface area contributed by atoms with Crippen LogP contribution in [0.25, 0.3) is 0 Å². The molecule has 0 aliphatic carbocycles. The van der Waals surface area contributed by atoms with Gasteiger partial charge in [0.05, 0.1) is 10.7 Å². The third kappa shape index (κ3) is 4.31. The Morgan fingerprint density at radius 2 is 2.25 bits per heavy atom. The Morgan fingerprint density at radius 3 is 3.05 bits per heavy atom. The average Bonchev–Trinajstić information content (AvgIpc) is 2.98. The summed E-state index contributed by atoms with van der Waals surface area (Å²) in [6.45, 7) is 7.00. The molecule has 2 aliphatic rings. The third-order valence-electron chi connectivity index (χ3n) is 4.19. The van der Waals surface area contributed by atoms with E-state index in [1.807, 2.05) is 11.3 Å². The lowest BCUT2D eigenvalue weighted by Gasteiger charge is -2.34. The van der Waals surface area contributed by atoms with Crippen LogP contribution in [0.5, 0.6) is 0 Å². The topological polar surface area (TPSA) is 28.2 Å². The zero-order chi connectivity index (χ0) is 12.4. The minimum atomic E-state index is 0. The molecule has 1 aromatic heterocycles. The van der Waals surface area contributed by atoms with E-state index in [9.17, 15) is 0 Å². The molecule has 0 amide bonds. The highest BCUT2D eigenvalue weighted by molar-refractivity contribution is 7.09. The molecule has 0 bridgehead atoms. The molecule has 20 heavy (non-hydrogen) atoms. The van der Waals surface area contributed by atoms with E-state index in [0.29, 0.717) is 0 Å². The predicted molar refractivity (Wildman–Crippen MR) is 90.4 cm³/mol. The molecule has 1 N–H and O–H groups in total. The summed E-state index contributed by atoms with van der Waals surface area (Å²) >= 11 is 1.83. The van der Waals surface area contributed by atoms with Crippen LogP contribution in [0.4, 0.5) is 0 Å². The van der Waals surface area contributed by atoms with E-state index >= 15 is 0 Å². The Morgan fingerprint density at radius 1 is 1.40 bits per heavy atom. The largest absolute Gasteiger partial charge is 0.314 e. The van der Waals surface area contributed by atoms with Gasteiger partial charge in [0.15, 0.2) is 0 Å². The molecule has 2 fully saturated rings. The predicted octanol–water partition coefficient (Wildman–Crippen LogP) is 3.12. The smallest absolute Gasteiger partial charge is 0.0928 e. The Kier molecular flexibility index (Phi) is 7.77. The minimum absolute atomic E-state index is 0. The van der Waals surface area contributed by atoms with Gasteiger partial charge < -0.3 is 5.32 Å². The average molecular weight is 338 g/mol. The van der Waals surface area contributed by atoms with Crippen molar-refractivity contribution < 1.29 is 0 Å². The highest BCUT2D eigenvalue weighted by Gasteiger charge is 2.32. The first-order valence-electron chi connectivity index (χ1n) is 7.24. The molecule has 2 atom stereocenters. The Bertz CT molecular complexity index is 400. The number of piperidine rings is 1. The van der Waals surface area contributed by atoms with Gasteiger partial charge in [-0.3, -0.25) is 4.90 Å². The number of fused-ring (bicyclic) bond motifs is 1. The van der Waals surface area contributed by atoms with Gasteiger partial charge in [-0.25, -0.2) is 4.98 Å². The lowest BCUT2D eigenvalue weighted by Crippen LogP contribution is -2.43. The van der Waals surface area contributed by atoms with Crippen LogP contribution in [0.3, 0.4) is 0 Å². The molecule has 2 saturated heterocycles. The quantitative estimate of drug-likeness (QED) is 0.914. The fraction of sp³-hybridized carbons (Fsp3) is 0.786. The van der Waals surface area contributed by atoms with Crippen molar-refractivity contribution in [3.05, 3.63) is 16.1 Å². The number of nitrogens with zero attached hydrogens (tertiary/aromatic N) is 2. The van der Waals surface area contributed by atoms with E-state index in [1.54, 1.807) is 0 Å². The monoisotopic (exact) mass is 337 g/mol. The molecule has 0 spiro atoms. The number of hydrogen-bond acceptors (Lipinski definition) is 4. The number of hydrogen-bond donors (Lipinski definition) is 1. The van der Waals surface area contributed by atoms with E-state index < -0.39 is 0 Å². The SMILES string of the molecule is CCCc1nc(CN2CCC3NCCC3C2)cs1.Cl.Cl. The fourth-order valence-corrected chi connectivity index (χ4v) is 4.14. The lowest BCUT2D eigenvalue weighted by molar-refractivity contribution is 0.154. The van der Waals surface area contributed by atoms with Crippen molar-refractivity contribution >= 4 is 36.2 Å². The molecule has 2 aliphatic heterocycles. The molecule has 0 radical (unpaired) electrons. The molecule has 3 rings (SSSR count). The van der Waals surface area contributed by atoms with Crippen LogP contribution in [0.15, 0.2) is 5.38 Å². The second-order valence-electron chi connectivity index (χ2n) is 5.62. The molecule has 1 aromatic rings. The van der Waals surface area contributed by atoms with Crippen molar-refractivity contribution in [2.24, 2.45) is 5.92 Å². The molecular formula is C14H25Cl2N3S. The highest BCUT2D eigenvalue weighted by Crippen LogP contribution is 2.25. The van der Waals surface area contributed by atoms with E-state index in [1.165, 1.54) is 49.6 Å². The molecule has 2 unspecified atom stereocenters. The maximum Gasteiger partial charge on any atom is 0.0928 e. The summed E-state index contributed by atoms with van der Waals surface area (Å²) in [5, 5.41) is 7.19. The van der Waals surface area contributed by atoms with Gasteiger partial charge in [-0.2, -0.15) is 0 Å². The lowest BCUT2D eigenvalue weighted by atomic mass is 9.93. The molecule has 0 saturated carbocycles. The number of rotatable bonds is 4. The van der Waals surface area contributed by atoms with Crippen LogP contribution < -0.4 is 5.32 Å². The summed E-state index contributed by atoms with van der Waals surface area (Å²) in [4.78, 5) is 7.34. The van der Waals surface area contributed by atoms with Gasteiger partial charge >= 0.3 is 0 Å². The van der Waals surface area contributed by atoms with Gasteiger partial charge in [-0.05, 0) is 38.1 Å². The van der Waals surface area contributed by atoms with E-state index in [4.69, 9.17) is 4.98 Å². The van der Waals surface area contributed by atoms with Crippen molar-refractivity contribution in [1.82, 2.24) is 15.2 Å². The third-order valence-corrected chi connectivity index (χ3v) is 5.15. The van der Waals surface area contributed by atoms with Gasteiger partial charge in [0.2, 0.25) is 0 Å². The van der Waals surface area contributed by atoms with Gasteiger partial charge in [-0.1, -0.05) is 6.92 Å². The Balaban J connectivity index is 0.000001000. The van der Waals surface area contributed by atoms with Gasteiger partial charge in [0, 0.05) is 31.1 Å². The Hall–Kier alpha value is 0.130. The van der Waals surface area contributed by atoms with E-state index in [0.717, 1.165) is 24.9 Å². The summed E-state index contributed by atoms with van der Waals surface area (Å²) in [7, 11) is 0. The minimum Gasteiger partial charge on any atom is -0.314 e. The van der Waals surface area contributed by atoms with Crippen LogP contribution in [-0.4, -0.2) is 35.6 Å². The number of thiazole rings is 1. The molecule has 3 heterocycles. The van der Waals surface area contributed by atoms with Crippen LogP contribution in [0.1, 0.15) is 36.9 Å². The van der Waals surface area contributed by atoms with Crippen LogP contribution in [0.2, 0.25) is 0 Å². The van der Waals surface area contributed by atoms with Gasteiger partial charge in [-0.15, -0.1) is 36.2 Å². The first kappa shape index (κ1) is 18.2. The number of aromatic nitrogens is 1. The second-order valence-corrected chi connectivity index (χ2v) is 6.56. The maximum atomic E-state index is 4.74. The van der Waals surface area contributed by atoms with E-state index in [2.05, 4.69) is 22.5 Å². The summed E-state index contributed by atoms with van der Waals surface area (Å²) in [6, 6.07) is 0.798. The summed E-state index contributed by atoms with van der Waals surface area (Å²) < 4.78 is 0. The zero-order valence-corrected chi connectivity index (χ0v) is 14.5. The summed E-state index contributed by atoms with van der Waals surface area (Å²) in [6.07, 6.45) is 5.02. The van der Waals surface area contributed by atoms with Gasteiger partial charge in [0.25, 0.3) is 0 Å². The van der Waals surface area contributed by atoms with Crippen molar-refractivity contribution in [3.8, 4) is 0 Å². The fourth-order valence-electron chi connectivity index (χ4n) is 3.25. The van der Waals surface area contributed by atoms with E-state index in [-0.39, 0.29) is 24.8 Å². The van der Waals surface area contributed by atoms with Crippen molar-refractivity contribution in [1.29, 1.82) is 0 Å². The molecule has 3 nitrogen and oxygen atoms in total. The molecule has 116 valence electrons. The maximum absolute atomic E-state index is 4.74. The number of aryl methyl sites for hydroxylation is 1. The number of halogens is 2. The van der Waals surface area contributed by atoms with Crippen LogP contribution in [-0.2, 0) is 13.0 Å². The molecule has 6 heteroatoms. The van der Waals surface area contributed by atoms with Crippen molar-refractivity contribution in [2.75, 3.05) is 19.6 Å². The molecular weight excluding hydrogens is 313 g/mol. The van der Waals surface area contributed by atoms with Crippen molar-refractivity contribution in [2.45, 2.75) is 45.2 Å². The summed E-state index contributed by atoms with van der Waals surface area (Å²) in [5.74, 6) is 0.882. The standard InChI is InChI=1S/C14H23N3S.2ClH/c1-2-3-14-16-12(10-18-14)9-17-7-5-13-11(8-17)4-6-15-13;;/h10-11,13,15H,2-9H2,1H3;2*1H. The highest BCUT2D eigenvalue weighted by atomic mass is 35.5.